The lowest BCUT2D eigenvalue weighted by Crippen LogP contribution is -2.54. The summed E-state index contributed by atoms with van der Waals surface area (Å²) in [6, 6.07) is 0. The maximum absolute atomic E-state index is 12.7. The van der Waals surface area contributed by atoms with Crippen LogP contribution in [0.5, 0.6) is 0 Å². The Balaban J connectivity index is 1.75. The summed E-state index contributed by atoms with van der Waals surface area (Å²) in [6.07, 6.45) is 11.5. The molecule has 0 aromatic heterocycles. The lowest BCUT2D eigenvalue weighted by molar-refractivity contribution is -0.117. The smallest absolute Gasteiger partial charge is 0.155 e. The molecule has 0 saturated heterocycles. The van der Waals surface area contributed by atoms with E-state index in [-0.39, 0.29) is 16.4 Å². The monoisotopic (exact) mass is 374 g/mol. The van der Waals surface area contributed by atoms with Gasteiger partial charge in [-0.1, -0.05) is 26.0 Å². The minimum atomic E-state index is -0.903. The first kappa shape index (κ1) is 18.7. The van der Waals surface area contributed by atoms with E-state index in [1.54, 1.807) is 0 Å². The first-order valence-electron chi connectivity index (χ1n) is 10.4. The van der Waals surface area contributed by atoms with Crippen molar-refractivity contribution in [2.24, 2.45) is 34.5 Å². The third-order valence-electron chi connectivity index (χ3n) is 8.95. The van der Waals surface area contributed by atoms with Crippen molar-refractivity contribution in [3.63, 3.8) is 0 Å². The summed E-state index contributed by atoms with van der Waals surface area (Å²) in [4.78, 5) is 12.2. The number of hydrogen-bond acceptors (Lipinski definition) is 2. The van der Waals surface area contributed by atoms with Crippen molar-refractivity contribution in [2.45, 2.75) is 71.0 Å². The first-order chi connectivity index (χ1) is 12.2. The third-order valence-corrected chi connectivity index (χ3v) is 10.2. The van der Waals surface area contributed by atoms with Crippen molar-refractivity contribution in [1.29, 1.82) is 0 Å². The highest BCUT2D eigenvalue weighted by atomic mass is 32.2. The van der Waals surface area contributed by atoms with Crippen LogP contribution in [0.25, 0.3) is 0 Å². The van der Waals surface area contributed by atoms with Gasteiger partial charge in [0.05, 0.1) is 5.25 Å². The van der Waals surface area contributed by atoms with Gasteiger partial charge >= 0.3 is 0 Å². The van der Waals surface area contributed by atoms with Crippen molar-refractivity contribution < 1.29 is 9.00 Å². The average Bonchev–Trinajstić information content (AvgIpc) is 2.92. The van der Waals surface area contributed by atoms with Gasteiger partial charge in [0.15, 0.2) is 5.78 Å². The maximum atomic E-state index is 12.7. The highest BCUT2D eigenvalue weighted by Crippen LogP contribution is 2.67. The van der Waals surface area contributed by atoms with Gasteiger partial charge in [-0.2, -0.15) is 0 Å². The molecule has 4 aliphatic carbocycles. The van der Waals surface area contributed by atoms with E-state index < -0.39 is 10.8 Å². The Kier molecular flexibility index (Phi) is 4.42. The van der Waals surface area contributed by atoms with E-state index in [0.717, 1.165) is 18.8 Å². The van der Waals surface area contributed by atoms with Crippen LogP contribution in [0.1, 0.15) is 65.7 Å². The van der Waals surface area contributed by atoms with Crippen LogP contribution in [0.2, 0.25) is 0 Å². The van der Waals surface area contributed by atoms with Crippen molar-refractivity contribution >= 4 is 16.6 Å². The molecule has 0 aromatic rings. The van der Waals surface area contributed by atoms with Gasteiger partial charge in [-0.25, -0.2) is 0 Å². The standard InChI is InChI=1S/C23H34O2S/c1-14(2)17-6-7-18-16-13-21(26(5)25)20-12-15(24)8-10-23(20,4)19(16)9-11-22(17,18)3/h12,16-19,21H,1,6-11,13H2,2-5H3/t16?,17?,18?,19?,21-,22-,23-,26?/m1/s1. The zero-order chi connectivity index (χ0) is 18.9. The summed E-state index contributed by atoms with van der Waals surface area (Å²) in [5.41, 5.74) is 3.04. The Morgan fingerprint density at radius 2 is 1.92 bits per heavy atom. The molecule has 8 atom stereocenters. The predicted octanol–water partition coefficient (Wildman–Crippen LogP) is 5.07. The molecule has 2 nitrogen and oxygen atoms in total. The fraction of sp³-hybridized carbons (Fsp3) is 0.783. The van der Waals surface area contributed by atoms with Gasteiger partial charge < -0.3 is 0 Å². The van der Waals surface area contributed by atoms with Crippen LogP contribution in [0.15, 0.2) is 23.8 Å². The number of allylic oxidation sites excluding steroid dienone is 1. The summed E-state index contributed by atoms with van der Waals surface area (Å²) in [7, 11) is -0.903. The van der Waals surface area contributed by atoms with E-state index in [0.29, 0.717) is 29.6 Å². The Morgan fingerprint density at radius 3 is 2.58 bits per heavy atom. The lowest BCUT2D eigenvalue weighted by Gasteiger charge is -2.59. The minimum absolute atomic E-state index is 0.0792. The molecule has 0 radical (unpaired) electrons. The van der Waals surface area contributed by atoms with E-state index >= 15 is 0 Å². The molecule has 4 aliphatic rings. The number of hydrogen-bond donors (Lipinski definition) is 0. The Labute approximate surface area is 161 Å². The van der Waals surface area contributed by atoms with Crippen LogP contribution in [-0.2, 0) is 15.6 Å². The first-order valence-corrected chi connectivity index (χ1v) is 12.0. The Morgan fingerprint density at radius 1 is 1.19 bits per heavy atom. The zero-order valence-electron chi connectivity index (χ0n) is 16.8. The summed E-state index contributed by atoms with van der Waals surface area (Å²) in [5.74, 6) is 2.93. The molecule has 5 unspecified atom stereocenters. The number of carbonyl (C=O) groups is 1. The molecule has 0 aromatic carbocycles. The summed E-state index contributed by atoms with van der Waals surface area (Å²) in [6.45, 7) is 11.4. The molecule has 0 N–H and O–H groups in total. The normalized spacial score (nSPS) is 48.8. The molecule has 0 bridgehead atoms. The van der Waals surface area contributed by atoms with E-state index in [4.69, 9.17) is 0 Å². The summed E-state index contributed by atoms with van der Waals surface area (Å²) >= 11 is 0. The van der Waals surface area contributed by atoms with Crippen LogP contribution in [-0.4, -0.2) is 21.5 Å². The van der Waals surface area contributed by atoms with E-state index in [9.17, 15) is 9.00 Å². The van der Waals surface area contributed by atoms with E-state index in [2.05, 4.69) is 27.4 Å². The van der Waals surface area contributed by atoms with Crippen LogP contribution in [0.4, 0.5) is 0 Å². The van der Waals surface area contributed by atoms with E-state index in [1.165, 1.54) is 36.8 Å². The van der Waals surface area contributed by atoms with Gasteiger partial charge in [0, 0.05) is 23.5 Å². The van der Waals surface area contributed by atoms with Gasteiger partial charge in [0.25, 0.3) is 0 Å². The van der Waals surface area contributed by atoms with Crippen molar-refractivity contribution in [1.82, 2.24) is 0 Å². The quantitative estimate of drug-likeness (QED) is 0.633. The molecule has 3 saturated carbocycles. The van der Waals surface area contributed by atoms with Crippen LogP contribution < -0.4 is 0 Å². The molecule has 144 valence electrons. The van der Waals surface area contributed by atoms with Crippen LogP contribution >= 0.6 is 0 Å². The van der Waals surface area contributed by atoms with Crippen LogP contribution in [0.3, 0.4) is 0 Å². The average molecular weight is 375 g/mol. The molecule has 26 heavy (non-hydrogen) atoms. The lowest BCUT2D eigenvalue weighted by atomic mass is 9.46. The van der Waals surface area contributed by atoms with Crippen molar-refractivity contribution in [3.8, 4) is 0 Å². The highest BCUT2D eigenvalue weighted by molar-refractivity contribution is 7.85. The number of rotatable bonds is 2. The van der Waals surface area contributed by atoms with Crippen molar-refractivity contribution in [2.75, 3.05) is 6.26 Å². The Hall–Kier alpha value is -0.700. The highest BCUT2D eigenvalue weighted by Gasteiger charge is 2.60. The van der Waals surface area contributed by atoms with Crippen molar-refractivity contribution in [3.05, 3.63) is 23.8 Å². The molecule has 0 heterocycles. The van der Waals surface area contributed by atoms with Gasteiger partial charge in [0.1, 0.15) is 0 Å². The second-order valence-electron chi connectivity index (χ2n) is 10.1. The minimum Gasteiger partial charge on any atom is -0.295 e. The largest absolute Gasteiger partial charge is 0.295 e. The number of ketones is 1. The topological polar surface area (TPSA) is 34.1 Å². The van der Waals surface area contributed by atoms with Gasteiger partial charge in [0.2, 0.25) is 0 Å². The van der Waals surface area contributed by atoms with Gasteiger partial charge in [-0.05, 0) is 91.6 Å². The predicted molar refractivity (Wildman–Crippen MR) is 108 cm³/mol. The molecule has 0 aliphatic heterocycles. The molecule has 4 rings (SSSR count). The second-order valence-corrected chi connectivity index (χ2v) is 11.7. The number of carbonyl (C=O) groups excluding carboxylic acids is 1. The summed E-state index contributed by atoms with van der Waals surface area (Å²) < 4.78 is 12.7. The third kappa shape index (κ3) is 2.48. The second kappa shape index (κ2) is 6.15. The fourth-order valence-corrected chi connectivity index (χ4v) is 8.89. The molecular weight excluding hydrogens is 340 g/mol. The zero-order valence-corrected chi connectivity index (χ0v) is 17.7. The maximum Gasteiger partial charge on any atom is 0.155 e. The van der Waals surface area contributed by atoms with E-state index in [1.807, 2.05) is 12.3 Å². The Bertz CT molecular complexity index is 707. The molecular formula is C23H34O2S. The van der Waals surface area contributed by atoms with Gasteiger partial charge in [-0.3, -0.25) is 9.00 Å². The molecule has 0 spiro atoms. The number of fused-ring (bicyclic) bond motifs is 5. The fourth-order valence-electron chi connectivity index (χ4n) is 7.70. The van der Waals surface area contributed by atoms with Crippen LogP contribution in [0, 0.1) is 34.5 Å². The SMILES string of the molecule is C=C(C)C1CCC2C3C[C@@H](S(C)=O)C4=CC(=O)CC[C@]4(C)C3CC[C@]12C. The molecule has 0 amide bonds. The van der Waals surface area contributed by atoms with Gasteiger partial charge in [-0.15, -0.1) is 0 Å². The molecule has 3 fully saturated rings. The summed E-state index contributed by atoms with van der Waals surface area (Å²) in [5, 5.41) is 0.0803. The molecule has 3 heteroatoms.